The number of hydrogen-bond acceptors (Lipinski definition) is 4. The summed E-state index contributed by atoms with van der Waals surface area (Å²) < 4.78 is 5.65. The highest BCUT2D eigenvalue weighted by molar-refractivity contribution is 5.85. The predicted molar refractivity (Wildman–Crippen MR) is 124 cm³/mol. The lowest BCUT2D eigenvalue weighted by Crippen LogP contribution is -2.57. The normalized spacial score (nSPS) is 16.7. The summed E-state index contributed by atoms with van der Waals surface area (Å²) >= 11 is 0. The number of amides is 2. The molecule has 2 aromatic rings. The Morgan fingerprint density at radius 2 is 1.67 bits per heavy atom. The fraction of sp³-hybridized carbons (Fsp3) is 0.423. The highest BCUT2D eigenvalue weighted by Crippen LogP contribution is 2.44. The first-order valence-electron chi connectivity index (χ1n) is 11.5. The first-order valence-corrected chi connectivity index (χ1v) is 11.5. The second-order valence-electron chi connectivity index (χ2n) is 9.03. The third-order valence-electron chi connectivity index (χ3n) is 7.04. The Kier molecular flexibility index (Phi) is 6.40. The van der Waals surface area contributed by atoms with Gasteiger partial charge in [0.05, 0.1) is 12.0 Å². The highest BCUT2D eigenvalue weighted by atomic mass is 16.5. The summed E-state index contributed by atoms with van der Waals surface area (Å²) in [5.74, 6) is -1.35. The minimum atomic E-state index is -1.03. The van der Waals surface area contributed by atoms with Crippen molar-refractivity contribution in [2.75, 3.05) is 13.7 Å². The van der Waals surface area contributed by atoms with Gasteiger partial charge in [0, 0.05) is 13.0 Å². The van der Waals surface area contributed by atoms with Gasteiger partial charge in [0.2, 0.25) is 5.91 Å². The van der Waals surface area contributed by atoms with Gasteiger partial charge in [0.15, 0.2) is 0 Å². The second-order valence-corrected chi connectivity index (χ2v) is 9.03. The van der Waals surface area contributed by atoms with Gasteiger partial charge >= 0.3 is 12.1 Å². The average molecular weight is 451 g/mol. The van der Waals surface area contributed by atoms with Crippen LogP contribution in [-0.4, -0.2) is 53.2 Å². The number of carbonyl (C=O) groups is 3. The molecular formula is C26H30N2O5. The molecule has 4 rings (SSSR count). The maximum absolute atomic E-state index is 12.7. The van der Waals surface area contributed by atoms with Crippen molar-refractivity contribution in [1.82, 2.24) is 10.2 Å². The van der Waals surface area contributed by atoms with Crippen molar-refractivity contribution in [2.24, 2.45) is 0 Å². The number of alkyl carbamates (subject to hydrolysis) is 1. The number of nitrogens with zero attached hydrogens (tertiary/aromatic N) is 1. The number of fused-ring (bicyclic) bond motifs is 3. The van der Waals surface area contributed by atoms with E-state index in [-0.39, 0.29) is 24.9 Å². The van der Waals surface area contributed by atoms with Crippen molar-refractivity contribution in [3.05, 3.63) is 59.7 Å². The summed E-state index contributed by atoms with van der Waals surface area (Å²) in [7, 11) is 1.50. The molecule has 0 bridgehead atoms. The highest BCUT2D eigenvalue weighted by Gasteiger charge is 2.42. The van der Waals surface area contributed by atoms with Gasteiger partial charge in [-0.3, -0.25) is 4.79 Å². The number of benzene rings is 2. The molecule has 1 fully saturated rings. The Bertz CT molecular complexity index is 1020. The average Bonchev–Trinajstić information content (AvgIpc) is 3.10. The fourth-order valence-corrected chi connectivity index (χ4v) is 5.00. The molecule has 0 heterocycles. The molecule has 7 nitrogen and oxygen atoms in total. The summed E-state index contributed by atoms with van der Waals surface area (Å²) in [6, 6.07) is 15.4. The smallest absolute Gasteiger partial charge is 0.407 e. The standard InChI is InChI=1S/C26H30N2O5/c1-3-22(24(30)31)28(2)23(29)15-26(13-8-14-26)27-25(32)33-16-21-19-11-6-4-9-17(19)18-10-5-7-12-20(18)21/h4-7,9-12,21-22H,3,8,13-16H2,1-2H3,(H,27,32)(H,30,31). The van der Waals surface area contributed by atoms with E-state index in [0.29, 0.717) is 19.3 Å². The molecule has 1 atom stereocenters. The van der Waals surface area contributed by atoms with Gasteiger partial charge in [-0.2, -0.15) is 0 Å². The molecule has 1 saturated carbocycles. The van der Waals surface area contributed by atoms with Gasteiger partial charge in [0.25, 0.3) is 0 Å². The largest absolute Gasteiger partial charge is 0.480 e. The summed E-state index contributed by atoms with van der Waals surface area (Å²) in [5.41, 5.74) is 3.93. The minimum Gasteiger partial charge on any atom is -0.480 e. The lowest BCUT2D eigenvalue weighted by molar-refractivity contribution is -0.150. The van der Waals surface area contributed by atoms with Crippen LogP contribution in [0.2, 0.25) is 0 Å². The van der Waals surface area contributed by atoms with Gasteiger partial charge in [0.1, 0.15) is 12.6 Å². The van der Waals surface area contributed by atoms with Crippen LogP contribution in [0.25, 0.3) is 11.1 Å². The van der Waals surface area contributed by atoms with Crippen molar-refractivity contribution in [3.8, 4) is 11.1 Å². The minimum absolute atomic E-state index is 0.0332. The molecule has 2 N–H and O–H groups in total. The van der Waals surface area contributed by atoms with Gasteiger partial charge in [-0.15, -0.1) is 0 Å². The molecule has 2 aromatic carbocycles. The summed E-state index contributed by atoms with van der Waals surface area (Å²) in [4.78, 5) is 38.2. The van der Waals surface area contributed by atoms with Gasteiger partial charge in [-0.05, 0) is 47.9 Å². The van der Waals surface area contributed by atoms with Crippen molar-refractivity contribution < 1.29 is 24.2 Å². The Hall–Kier alpha value is -3.35. The second kappa shape index (κ2) is 9.25. The lowest BCUT2D eigenvalue weighted by Gasteiger charge is -2.42. The summed E-state index contributed by atoms with van der Waals surface area (Å²) in [6.07, 6.45) is 2.08. The molecule has 2 aliphatic rings. The first kappa shape index (κ1) is 22.8. The number of rotatable bonds is 8. The molecule has 0 spiro atoms. The molecule has 0 aliphatic heterocycles. The van der Waals surface area contributed by atoms with Crippen LogP contribution in [0, 0.1) is 0 Å². The van der Waals surface area contributed by atoms with Crippen molar-refractivity contribution >= 4 is 18.0 Å². The molecule has 174 valence electrons. The van der Waals surface area contributed by atoms with Gasteiger partial charge in [-0.1, -0.05) is 55.5 Å². The van der Waals surface area contributed by atoms with Crippen molar-refractivity contribution in [3.63, 3.8) is 0 Å². The van der Waals surface area contributed by atoms with Crippen LogP contribution in [0.1, 0.15) is 56.1 Å². The molecule has 7 heteroatoms. The topological polar surface area (TPSA) is 95.9 Å². The van der Waals surface area contributed by atoms with E-state index in [4.69, 9.17) is 4.74 Å². The monoisotopic (exact) mass is 450 g/mol. The third-order valence-corrected chi connectivity index (χ3v) is 7.04. The van der Waals surface area contributed by atoms with Crippen molar-refractivity contribution in [2.45, 2.75) is 56.5 Å². The van der Waals surface area contributed by atoms with E-state index in [2.05, 4.69) is 29.6 Å². The molecular weight excluding hydrogens is 420 g/mol. The predicted octanol–water partition coefficient (Wildman–Crippen LogP) is 4.16. The maximum Gasteiger partial charge on any atom is 0.407 e. The number of likely N-dealkylation sites (N-methyl/N-ethyl adjacent to an activating group) is 1. The number of carboxylic acids is 1. The number of ether oxygens (including phenoxy) is 1. The number of aliphatic carboxylic acids is 1. The SMILES string of the molecule is CCC(C(=O)O)N(C)C(=O)CC1(NC(=O)OCC2c3ccccc3-c3ccccc32)CCC1. The Balaban J connectivity index is 1.39. The molecule has 33 heavy (non-hydrogen) atoms. The van der Waals surface area contributed by atoms with Crippen LogP contribution in [0.3, 0.4) is 0 Å². The maximum atomic E-state index is 12.7. The van der Waals surface area contributed by atoms with E-state index in [1.54, 1.807) is 6.92 Å². The zero-order valence-corrected chi connectivity index (χ0v) is 19.0. The van der Waals surface area contributed by atoms with E-state index in [9.17, 15) is 19.5 Å². The Morgan fingerprint density at radius 3 is 2.15 bits per heavy atom. The Labute approximate surface area is 193 Å². The molecule has 2 aliphatic carbocycles. The molecule has 0 saturated heterocycles. The summed E-state index contributed by atoms with van der Waals surface area (Å²) in [5, 5.41) is 12.3. The van der Waals surface area contributed by atoms with Crippen LogP contribution in [0.4, 0.5) is 4.79 Å². The Morgan fingerprint density at radius 1 is 1.09 bits per heavy atom. The van der Waals surface area contributed by atoms with Crippen LogP contribution in [0.15, 0.2) is 48.5 Å². The van der Waals surface area contributed by atoms with E-state index in [0.717, 1.165) is 28.7 Å². The van der Waals surface area contributed by atoms with E-state index in [1.165, 1.54) is 11.9 Å². The number of carboxylic acid groups (broad SMARTS) is 1. The van der Waals surface area contributed by atoms with Gasteiger partial charge in [-0.25, -0.2) is 9.59 Å². The molecule has 1 unspecified atom stereocenters. The van der Waals surface area contributed by atoms with Crippen LogP contribution < -0.4 is 5.32 Å². The van der Waals surface area contributed by atoms with Gasteiger partial charge < -0.3 is 20.1 Å². The molecule has 0 radical (unpaired) electrons. The van der Waals surface area contributed by atoms with Crippen LogP contribution in [0.5, 0.6) is 0 Å². The summed E-state index contributed by atoms with van der Waals surface area (Å²) in [6.45, 7) is 1.94. The van der Waals surface area contributed by atoms with E-state index in [1.807, 2.05) is 24.3 Å². The first-order chi connectivity index (χ1) is 15.8. The zero-order valence-electron chi connectivity index (χ0n) is 19.0. The molecule has 2 amide bonds. The number of nitrogens with one attached hydrogen (secondary N) is 1. The van der Waals surface area contributed by atoms with Crippen LogP contribution in [-0.2, 0) is 14.3 Å². The zero-order chi connectivity index (χ0) is 23.6. The van der Waals surface area contributed by atoms with E-state index >= 15 is 0 Å². The fourth-order valence-electron chi connectivity index (χ4n) is 5.00. The number of carbonyl (C=O) groups excluding carboxylic acids is 2. The van der Waals surface area contributed by atoms with Crippen molar-refractivity contribution in [1.29, 1.82) is 0 Å². The third kappa shape index (κ3) is 4.45. The number of hydrogen-bond donors (Lipinski definition) is 2. The van der Waals surface area contributed by atoms with Crippen LogP contribution >= 0.6 is 0 Å². The lowest BCUT2D eigenvalue weighted by atomic mass is 9.74. The quantitative estimate of drug-likeness (QED) is 0.630. The molecule has 0 aromatic heterocycles. The van der Waals surface area contributed by atoms with E-state index < -0.39 is 23.6 Å².